The van der Waals surface area contributed by atoms with Crippen LogP contribution in [-0.2, 0) is 38.4 Å². The highest BCUT2D eigenvalue weighted by molar-refractivity contribution is 6.27. The van der Waals surface area contributed by atoms with E-state index in [0.717, 1.165) is 0 Å². The van der Waals surface area contributed by atoms with E-state index in [0.29, 0.717) is 0 Å². The van der Waals surface area contributed by atoms with Gasteiger partial charge in [-0.15, -0.1) is 0 Å². The predicted octanol–water partition coefficient (Wildman–Crippen LogP) is -2.62. The summed E-state index contributed by atoms with van der Waals surface area (Å²) in [5.41, 5.74) is 0. The van der Waals surface area contributed by atoms with Crippen molar-refractivity contribution in [3.63, 3.8) is 0 Å². The Hall–Kier alpha value is -4.28. The molecule has 0 fully saturated rings. The van der Waals surface area contributed by atoms with Crippen LogP contribution in [0.2, 0.25) is 0 Å². The maximum absolute atomic E-state index is 9.73. The zero-order valence-electron chi connectivity index (χ0n) is 14.9. The zero-order chi connectivity index (χ0) is 24.9. The number of rotatable bonds is 9. The Morgan fingerprint density at radius 3 is 0.800 bits per heavy atom. The van der Waals surface area contributed by atoms with Gasteiger partial charge in [0.2, 0.25) is 0 Å². The molecule has 0 aliphatic rings. The molecule has 172 valence electrons. The van der Waals surface area contributed by atoms with E-state index < -0.39 is 54.2 Å². The molecular weight excluding hydrogens is 426 g/mol. The van der Waals surface area contributed by atoms with E-state index in [1.165, 1.54) is 0 Å². The van der Waals surface area contributed by atoms with Gasteiger partial charge in [0.1, 0.15) is 6.42 Å². The molecule has 0 unspecified atom stereocenters. The Labute approximate surface area is 165 Å². The van der Waals surface area contributed by atoms with Crippen molar-refractivity contribution in [2.45, 2.75) is 19.3 Å². The average molecular weight is 445 g/mol. The second-order valence-electron chi connectivity index (χ2n) is 4.25. The third-order valence-electron chi connectivity index (χ3n) is 1.59. The fourth-order valence-electron chi connectivity index (χ4n) is 0.620. The lowest BCUT2D eigenvalue weighted by Crippen LogP contribution is -2.27. The molecule has 0 aromatic rings. The van der Waals surface area contributed by atoms with Crippen molar-refractivity contribution < 1.29 is 79.2 Å². The molecule has 30 heavy (non-hydrogen) atoms. The number of hydrogen-bond acceptors (Lipinski definition) is 9. The summed E-state index contributed by atoms with van der Waals surface area (Å²) in [6.07, 6.45) is -1.40. The Balaban J connectivity index is -0.000000152. The molecule has 9 N–H and O–H groups in total. The smallest absolute Gasteiger partial charge is 0.414 e. The van der Waals surface area contributed by atoms with E-state index in [2.05, 4.69) is 5.32 Å². The summed E-state index contributed by atoms with van der Waals surface area (Å²) < 4.78 is 0. The Morgan fingerprint density at radius 2 is 0.700 bits per heavy atom. The molecular formula is C13H19NO16. The highest BCUT2D eigenvalue weighted by atomic mass is 16.4. The number of nitrogens with one attached hydrogen (secondary N) is 1. The largest absolute Gasteiger partial charge is 0.481 e. The third kappa shape index (κ3) is 56.5. The van der Waals surface area contributed by atoms with Gasteiger partial charge >= 0.3 is 47.8 Å². The monoisotopic (exact) mass is 445 g/mol. The summed E-state index contributed by atoms with van der Waals surface area (Å²) >= 11 is 0. The van der Waals surface area contributed by atoms with Crippen LogP contribution in [0.15, 0.2) is 0 Å². The average Bonchev–Trinajstić information content (AvgIpc) is 2.52. The van der Waals surface area contributed by atoms with Crippen LogP contribution in [0.1, 0.15) is 19.3 Å². The van der Waals surface area contributed by atoms with Crippen LogP contribution in [0, 0.1) is 0 Å². The second-order valence-corrected chi connectivity index (χ2v) is 4.25. The van der Waals surface area contributed by atoms with E-state index >= 15 is 0 Å². The van der Waals surface area contributed by atoms with Gasteiger partial charge in [0.15, 0.2) is 0 Å². The van der Waals surface area contributed by atoms with Crippen molar-refractivity contribution in [2.75, 3.05) is 13.1 Å². The van der Waals surface area contributed by atoms with E-state index in [1.54, 1.807) is 0 Å². The van der Waals surface area contributed by atoms with Crippen LogP contribution in [0.25, 0.3) is 0 Å². The van der Waals surface area contributed by atoms with Gasteiger partial charge < -0.3 is 40.9 Å². The molecule has 0 radical (unpaired) electrons. The van der Waals surface area contributed by atoms with Gasteiger partial charge in [0.05, 0.1) is 25.9 Å². The summed E-state index contributed by atoms with van der Waals surface area (Å²) in [7, 11) is 0. The standard InChI is InChI=1S/C4H7NO4.C4H6O4.C3H4O4.C2H2O4/c6-3(7)1-5-2-4(8)9;5-3(6)1-2-4(7)8;4-2(5)1-3(6)7;3-1(4)2(5)6/h5H,1-2H2,(H,6,7)(H,8,9);1-2H2,(H,5,6)(H,7,8);1H2,(H,4,5)(H,6,7);(H,3,4)(H,5,6). The summed E-state index contributed by atoms with van der Waals surface area (Å²) in [6.45, 7) is -0.626. The first-order chi connectivity index (χ1) is 13.5. The first kappa shape index (κ1) is 33.3. The van der Waals surface area contributed by atoms with Crippen LogP contribution in [0.5, 0.6) is 0 Å². The van der Waals surface area contributed by atoms with Crippen molar-refractivity contribution in [1.82, 2.24) is 5.32 Å². The molecule has 0 aromatic heterocycles. The maximum atomic E-state index is 9.73. The fourth-order valence-corrected chi connectivity index (χ4v) is 0.620. The second kappa shape index (κ2) is 21.0. The number of hydrogen-bond donors (Lipinski definition) is 9. The molecule has 0 aromatic carbocycles. The van der Waals surface area contributed by atoms with Crippen LogP contribution < -0.4 is 5.32 Å². The Morgan fingerprint density at radius 1 is 0.433 bits per heavy atom. The van der Waals surface area contributed by atoms with Gasteiger partial charge in [0.25, 0.3) is 0 Å². The molecule has 0 heterocycles. The van der Waals surface area contributed by atoms with Crippen LogP contribution in [-0.4, -0.2) is 102 Å². The fraction of sp³-hybridized carbons (Fsp3) is 0.385. The topological polar surface area (TPSA) is 310 Å². The van der Waals surface area contributed by atoms with Gasteiger partial charge in [0, 0.05) is 0 Å². The Kier molecular flexibility index (Phi) is 23.3. The molecule has 0 saturated heterocycles. The minimum atomic E-state index is -1.82. The molecule has 0 aliphatic heterocycles. The molecule has 0 aliphatic carbocycles. The van der Waals surface area contributed by atoms with Gasteiger partial charge in [-0.05, 0) is 0 Å². The SMILES string of the molecule is O=C(O)C(=O)O.O=C(O)CC(=O)O.O=C(O)CCC(=O)O.O=C(O)CNCC(=O)O. The van der Waals surface area contributed by atoms with Crippen LogP contribution in [0.4, 0.5) is 0 Å². The number of carboxylic acid groups (broad SMARTS) is 8. The van der Waals surface area contributed by atoms with Crippen LogP contribution >= 0.6 is 0 Å². The van der Waals surface area contributed by atoms with Crippen molar-refractivity contribution in [1.29, 1.82) is 0 Å². The van der Waals surface area contributed by atoms with E-state index in [-0.39, 0.29) is 25.9 Å². The maximum Gasteiger partial charge on any atom is 0.414 e. The van der Waals surface area contributed by atoms with Crippen molar-refractivity contribution in [3.05, 3.63) is 0 Å². The summed E-state index contributed by atoms with van der Waals surface area (Å²) in [5.74, 6) is -10.5. The van der Waals surface area contributed by atoms with E-state index in [9.17, 15) is 28.8 Å². The van der Waals surface area contributed by atoms with Gasteiger partial charge in [-0.2, -0.15) is 0 Å². The summed E-state index contributed by atoms with van der Waals surface area (Å²) in [5, 5.41) is 64.1. The Bertz CT molecular complexity index is 573. The lowest BCUT2D eigenvalue weighted by Gasteiger charge is -1.93. The van der Waals surface area contributed by atoms with E-state index in [4.69, 9.17) is 50.4 Å². The quantitative estimate of drug-likeness (QED) is 0.129. The summed E-state index contributed by atoms with van der Waals surface area (Å²) in [4.78, 5) is 75.8. The highest BCUT2D eigenvalue weighted by Gasteiger charge is 2.04. The molecule has 17 heteroatoms. The lowest BCUT2D eigenvalue weighted by molar-refractivity contribution is -0.159. The van der Waals surface area contributed by atoms with Gasteiger partial charge in [-0.25, -0.2) is 9.59 Å². The first-order valence-electron chi connectivity index (χ1n) is 7.00. The van der Waals surface area contributed by atoms with Crippen molar-refractivity contribution in [2.24, 2.45) is 0 Å². The normalized spacial score (nSPS) is 8.27. The molecule has 0 saturated carbocycles. The predicted molar refractivity (Wildman–Crippen MR) is 87.8 cm³/mol. The molecule has 0 atom stereocenters. The zero-order valence-corrected chi connectivity index (χ0v) is 14.9. The highest BCUT2D eigenvalue weighted by Crippen LogP contribution is 1.86. The van der Waals surface area contributed by atoms with Crippen molar-refractivity contribution >= 4 is 47.8 Å². The lowest BCUT2D eigenvalue weighted by atomic mass is 10.3. The number of aliphatic carboxylic acids is 8. The van der Waals surface area contributed by atoms with Gasteiger partial charge in [-0.3, -0.25) is 34.1 Å². The minimum Gasteiger partial charge on any atom is -0.481 e. The molecule has 0 rings (SSSR count). The molecule has 0 amide bonds. The van der Waals surface area contributed by atoms with Crippen LogP contribution in [0.3, 0.4) is 0 Å². The number of carbonyl (C=O) groups is 8. The van der Waals surface area contributed by atoms with E-state index in [1.807, 2.05) is 0 Å². The molecule has 0 bridgehead atoms. The third-order valence-corrected chi connectivity index (χ3v) is 1.59. The van der Waals surface area contributed by atoms with Gasteiger partial charge in [-0.1, -0.05) is 0 Å². The minimum absolute atomic E-state index is 0.296. The first-order valence-corrected chi connectivity index (χ1v) is 7.00. The molecule has 17 nitrogen and oxygen atoms in total. The van der Waals surface area contributed by atoms with Crippen molar-refractivity contribution in [3.8, 4) is 0 Å². The summed E-state index contributed by atoms with van der Waals surface area (Å²) in [6, 6.07) is 0. The molecule has 0 spiro atoms. The number of carboxylic acids is 8.